The molecule has 0 spiro atoms. The Bertz CT molecular complexity index is 1090. The van der Waals surface area contributed by atoms with E-state index in [1.54, 1.807) is 0 Å². The van der Waals surface area contributed by atoms with Crippen molar-refractivity contribution in [2.24, 2.45) is 4.99 Å². The number of phenols is 1. The van der Waals surface area contributed by atoms with Crippen molar-refractivity contribution in [1.29, 1.82) is 0 Å². The molecule has 0 aliphatic heterocycles. The Morgan fingerprint density at radius 1 is 0.594 bits per heavy atom. The van der Waals surface area contributed by atoms with E-state index in [1.165, 1.54) is 0 Å². The van der Waals surface area contributed by atoms with Crippen molar-refractivity contribution in [1.82, 2.24) is 0 Å². The van der Waals surface area contributed by atoms with Crippen LogP contribution in [0.2, 0.25) is 0 Å². The lowest BCUT2D eigenvalue weighted by atomic mass is 9.77. The van der Waals surface area contributed by atoms with Crippen LogP contribution in [0.5, 0.6) is 5.75 Å². The minimum absolute atomic E-state index is 0.163. The Hall–Kier alpha value is -3.65. The molecule has 1 N–H and O–H groups in total. The quantitative estimate of drug-likeness (QED) is 0.271. The zero-order valence-electron chi connectivity index (χ0n) is 18.9. The maximum atomic E-state index is 11.0. The van der Waals surface area contributed by atoms with Crippen molar-refractivity contribution in [3.8, 4) is 5.75 Å². The number of hydrogen-bond donors (Lipinski definition) is 1. The fourth-order valence-corrected chi connectivity index (χ4v) is 4.20. The summed E-state index contributed by atoms with van der Waals surface area (Å²) < 4.78 is 0. The van der Waals surface area contributed by atoms with Gasteiger partial charge in [0.05, 0.1) is 0 Å². The Morgan fingerprint density at radius 2 is 1.03 bits per heavy atom. The highest BCUT2D eigenvalue weighted by Crippen LogP contribution is 2.41. The molecule has 0 bridgehead atoms. The molecule has 4 aromatic carbocycles. The predicted molar refractivity (Wildman–Crippen MR) is 134 cm³/mol. The van der Waals surface area contributed by atoms with E-state index in [0.29, 0.717) is 5.56 Å². The van der Waals surface area contributed by atoms with Gasteiger partial charge < -0.3 is 5.11 Å². The van der Waals surface area contributed by atoms with Crippen molar-refractivity contribution in [3.63, 3.8) is 0 Å². The van der Waals surface area contributed by atoms with Gasteiger partial charge in [-0.25, -0.2) is 0 Å². The zero-order chi connectivity index (χ0) is 22.6. The number of para-hydroxylation sites is 1. The number of aliphatic imine (C=N–C) groups is 1. The van der Waals surface area contributed by atoms with Crippen molar-refractivity contribution in [2.45, 2.75) is 31.7 Å². The summed E-state index contributed by atoms with van der Waals surface area (Å²) >= 11 is 0. The minimum atomic E-state index is -0.742. The van der Waals surface area contributed by atoms with E-state index in [1.807, 2.05) is 79.0 Å². The van der Waals surface area contributed by atoms with E-state index in [2.05, 4.69) is 57.2 Å². The largest absolute Gasteiger partial charge is 0.507 e. The van der Waals surface area contributed by atoms with Gasteiger partial charge in [0.1, 0.15) is 11.3 Å². The fourth-order valence-electron chi connectivity index (χ4n) is 4.20. The molecule has 0 heterocycles. The molecule has 2 heteroatoms. The second-order valence-electron chi connectivity index (χ2n) is 9.06. The molecule has 0 amide bonds. The third-order valence-electron chi connectivity index (χ3n) is 5.85. The Kier molecular flexibility index (Phi) is 5.96. The average molecular weight is 420 g/mol. The van der Waals surface area contributed by atoms with Gasteiger partial charge in [-0.05, 0) is 33.7 Å². The first-order chi connectivity index (χ1) is 15.4. The Balaban J connectivity index is 1.98. The summed E-state index contributed by atoms with van der Waals surface area (Å²) in [6, 6.07) is 36.9. The SMILES string of the molecule is CC(C)(C)c1cccc(C=NC(c2ccccc2)(c2ccccc2)c2ccccc2)c1O. The van der Waals surface area contributed by atoms with E-state index < -0.39 is 5.54 Å². The van der Waals surface area contributed by atoms with Gasteiger partial charge in [0.25, 0.3) is 0 Å². The Morgan fingerprint density at radius 3 is 1.44 bits per heavy atom. The Labute approximate surface area is 190 Å². The van der Waals surface area contributed by atoms with Gasteiger partial charge in [0.15, 0.2) is 0 Å². The molecule has 0 saturated carbocycles. The summed E-state index contributed by atoms with van der Waals surface area (Å²) in [5, 5.41) is 11.0. The van der Waals surface area contributed by atoms with Gasteiger partial charge in [0.2, 0.25) is 0 Å². The van der Waals surface area contributed by atoms with Gasteiger partial charge in [-0.3, -0.25) is 4.99 Å². The maximum absolute atomic E-state index is 11.0. The third-order valence-corrected chi connectivity index (χ3v) is 5.85. The molecule has 0 aliphatic carbocycles. The molecule has 0 saturated heterocycles. The number of hydrogen-bond acceptors (Lipinski definition) is 2. The van der Waals surface area contributed by atoms with Crippen LogP contribution in [0.15, 0.2) is 114 Å². The van der Waals surface area contributed by atoms with Crippen LogP contribution in [0.1, 0.15) is 48.6 Å². The third kappa shape index (κ3) is 4.09. The van der Waals surface area contributed by atoms with Gasteiger partial charge in [-0.15, -0.1) is 0 Å². The number of phenolic OH excluding ortho intramolecular Hbond substituents is 1. The highest BCUT2D eigenvalue weighted by molar-refractivity contribution is 5.85. The molecule has 32 heavy (non-hydrogen) atoms. The van der Waals surface area contributed by atoms with Crippen LogP contribution in [0.3, 0.4) is 0 Å². The fraction of sp³-hybridized carbons (Fsp3) is 0.167. The first-order valence-electron chi connectivity index (χ1n) is 11.0. The second-order valence-corrected chi connectivity index (χ2v) is 9.06. The molecule has 4 aromatic rings. The van der Waals surface area contributed by atoms with Crippen molar-refractivity contribution >= 4 is 6.21 Å². The van der Waals surface area contributed by atoms with Crippen LogP contribution >= 0.6 is 0 Å². The second kappa shape index (κ2) is 8.84. The summed E-state index contributed by atoms with van der Waals surface area (Å²) in [6.45, 7) is 6.31. The number of rotatable bonds is 5. The van der Waals surface area contributed by atoms with E-state index in [0.717, 1.165) is 22.3 Å². The van der Waals surface area contributed by atoms with Crippen LogP contribution in [0.4, 0.5) is 0 Å². The van der Waals surface area contributed by atoms with Crippen molar-refractivity contribution in [3.05, 3.63) is 137 Å². The van der Waals surface area contributed by atoms with Crippen LogP contribution in [-0.4, -0.2) is 11.3 Å². The molecule has 160 valence electrons. The lowest BCUT2D eigenvalue weighted by Gasteiger charge is -2.32. The summed E-state index contributed by atoms with van der Waals surface area (Å²) in [6.07, 6.45) is 1.82. The molecule has 0 fully saturated rings. The molecule has 0 aromatic heterocycles. The summed E-state index contributed by atoms with van der Waals surface area (Å²) in [5.41, 5.74) is 3.92. The van der Waals surface area contributed by atoms with E-state index in [-0.39, 0.29) is 11.2 Å². The van der Waals surface area contributed by atoms with E-state index in [4.69, 9.17) is 4.99 Å². The van der Waals surface area contributed by atoms with Crippen LogP contribution in [-0.2, 0) is 11.0 Å². The van der Waals surface area contributed by atoms with Crippen molar-refractivity contribution in [2.75, 3.05) is 0 Å². The lowest BCUT2D eigenvalue weighted by molar-refractivity contribution is 0.446. The van der Waals surface area contributed by atoms with Crippen LogP contribution < -0.4 is 0 Å². The summed E-state index contributed by atoms with van der Waals surface area (Å²) in [4.78, 5) is 5.24. The maximum Gasteiger partial charge on any atom is 0.136 e. The van der Waals surface area contributed by atoms with E-state index in [9.17, 15) is 5.11 Å². The topological polar surface area (TPSA) is 32.6 Å². The molecule has 0 atom stereocenters. The highest BCUT2D eigenvalue weighted by Gasteiger charge is 2.35. The molecule has 0 unspecified atom stereocenters. The first kappa shape index (κ1) is 21.6. The van der Waals surface area contributed by atoms with E-state index >= 15 is 0 Å². The molecular formula is C30H29NO. The van der Waals surface area contributed by atoms with Crippen LogP contribution in [0.25, 0.3) is 0 Å². The number of benzene rings is 4. The number of nitrogens with zero attached hydrogens (tertiary/aromatic N) is 1. The zero-order valence-corrected chi connectivity index (χ0v) is 18.9. The van der Waals surface area contributed by atoms with Crippen LogP contribution in [0, 0.1) is 0 Å². The monoisotopic (exact) mass is 419 g/mol. The molecule has 4 rings (SSSR count). The summed E-state index contributed by atoms with van der Waals surface area (Å²) in [7, 11) is 0. The van der Waals surface area contributed by atoms with Gasteiger partial charge in [-0.1, -0.05) is 124 Å². The normalized spacial score (nSPS) is 12.2. The highest BCUT2D eigenvalue weighted by atomic mass is 16.3. The van der Waals surface area contributed by atoms with Crippen molar-refractivity contribution < 1.29 is 5.11 Å². The average Bonchev–Trinajstić information content (AvgIpc) is 2.82. The first-order valence-corrected chi connectivity index (χ1v) is 11.0. The van der Waals surface area contributed by atoms with Gasteiger partial charge >= 0.3 is 0 Å². The molecule has 0 aliphatic rings. The molecular weight excluding hydrogens is 390 g/mol. The van der Waals surface area contributed by atoms with Gasteiger partial charge in [-0.2, -0.15) is 0 Å². The van der Waals surface area contributed by atoms with Gasteiger partial charge in [0, 0.05) is 11.8 Å². The lowest BCUT2D eigenvalue weighted by Crippen LogP contribution is -2.27. The standard InChI is InChI=1S/C30H29NO/c1-29(2,3)27-21-13-14-23(28(27)32)22-31-30(24-15-7-4-8-16-24,25-17-9-5-10-18-25)26-19-11-6-12-20-26/h4-22,32H,1-3H3. The minimum Gasteiger partial charge on any atom is -0.507 e. The smallest absolute Gasteiger partial charge is 0.136 e. The number of aromatic hydroxyl groups is 1. The molecule has 2 nitrogen and oxygen atoms in total. The predicted octanol–water partition coefficient (Wildman–Crippen LogP) is 7.10. The molecule has 0 radical (unpaired) electrons. The summed E-state index contributed by atoms with van der Waals surface area (Å²) in [5.74, 6) is 0.284.